The van der Waals surface area contributed by atoms with E-state index in [0.29, 0.717) is 24.6 Å². The topological polar surface area (TPSA) is 92.8 Å². The van der Waals surface area contributed by atoms with Crippen LogP contribution in [0.4, 0.5) is 0 Å². The second-order valence-electron chi connectivity index (χ2n) is 7.58. The lowest BCUT2D eigenvalue weighted by molar-refractivity contribution is -0.125. The first-order valence-electron chi connectivity index (χ1n) is 10.3. The summed E-state index contributed by atoms with van der Waals surface area (Å²) in [6.45, 7) is 7.63. The Bertz CT molecular complexity index is 833. The first-order valence-corrected chi connectivity index (χ1v) is 11.7. The number of nitrogens with zero attached hydrogens (tertiary/aromatic N) is 1. The smallest absolute Gasteiger partial charge is 0.338 e. The van der Waals surface area contributed by atoms with Crippen LogP contribution in [0.15, 0.2) is 23.1 Å². The van der Waals surface area contributed by atoms with Crippen molar-refractivity contribution in [2.45, 2.75) is 64.3 Å². The van der Waals surface area contributed by atoms with Gasteiger partial charge in [-0.15, -0.1) is 0 Å². The summed E-state index contributed by atoms with van der Waals surface area (Å²) in [6.07, 6.45) is 4.28. The second kappa shape index (κ2) is 10.2. The summed E-state index contributed by atoms with van der Waals surface area (Å²) >= 11 is 0. The van der Waals surface area contributed by atoms with Gasteiger partial charge in [0, 0.05) is 19.1 Å². The van der Waals surface area contributed by atoms with Crippen LogP contribution in [0, 0.1) is 12.8 Å². The quantitative estimate of drug-likeness (QED) is 0.648. The van der Waals surface area contributed by atoms with Crippen LogP contribution >= 0.6 is 0 Å². The Kier molecular flexibility index (Phi) is 8.22. The molecule has 1 aromatic carbocycles. The van der Waals surface area contributed by atoms with Crippen molar-refractivity contribution in [2.24, 2.45) is 5.92 Å². The number of ether oxygens (including phenoxy) is 1. The number of esters is 1. The van der Waals surface area contributed by atoms with Crippen molar-refractivity contribution in [1.29, 1.82) is 0 Å². The minimum Gasteiger partial charge on any atom is -0.452 e. The van der Waals surface area contributed by atoms with E-state index >= 15 is 0 Å². The minimum atomic E-state index is -3.68. The molecule has 2 atom stereocenters. The van der Waals surface area contributed by atoms with E-state index in [9.17, 15) is 18.0 Å². The molecule has 0 heterocycles. The molecule has 0 saturated heterocycles. The molecular formula is C21H32N2O5S. The molecule has 7 nitrogen and oxygen atoms in total. The normalized spacial score (nSPS) is 19.8. The van der Waals surface area contributed by atoms with E-state index in [1.807, 2.05) is 0 Å². The third-order valence-electron chi connectivity index (χ3n) is 5.56. The summed E-state index contributed by atoms with van der Waals surface area (Å²) in [5, 5.41) is 2.94. The number of benzene rings is 1. The van der Waals surface area contributed by atoms with Crippen LogP contribution in [0.3, 0.4) is 0 Å². The summed E-state index contributed by atoms with van der Waals surface area (Å²) in [7, 11) is -3.68. The van der Waals surface area contributed by atoms with Crippen LogP contribution in [-0.2, 0) is 19.6 Å². The number of rotatable bonds is 8. The SMILES string of the molecule is CCN(CC)S(=O)(=O)c1ccc(C)c(C(=O)OCC(=O)N[C@H]2CCCC[C@H]2C)c1. The fourth-order valence-electron chi connectivity index (χ4n) is 3.68. The number of carbonyl (C=O) groups is 2. The standard InChI is InChI=1S/C21H32N2O5S/c1-5-23(6-2)29(26,27)17-12-11-15(3)18(13-17)21(25)28-14-20(24)22-19-10-8-7-9-16(19)4/h11-13,16,19H,5-10,14H2,1-4H3,(H,22,24)/t16-,19+/m1/s1. The van der Waals surface area contributed by atoms with Crippen LogP contribution in [0.1, 0.15) is 62.4 Å². The van der Waals surface area contributed by atoms with Gasteiger partial charge in [0.25, 0.3) is 5.91 Å². The van der Waals surface area contributed by atoms with E-state index in [-0.39, 0.29) is 29.0 Å². The lowest BCUT2D eigenvalue weighted by Gasteiger charge is -2.29. The first-order chi connectivity index (χ1) is 13.7. The molecule has 8 heteroatoms. The highest BCUT2D eigenvalue weighted by Crippen LogP contribution is 2.24. The van der Waals surface area contributed by atoms with Gasteiger partial charge in [0.05, 0.1) is 10.5 Å². The molecule has 2 rings (SSSR count). The first kappa shape index (κ1) is 23.3. The Hall–Kier alpha value is -1.93. The molecule has 29 heavy (non-hydrogen) atoms. The van der Waals surface area contributed by atoms with E-state index in [4.69, 9.17) is 4.74 Å². The van der Waals surface area contributed by atoms with Crippen molar-refractivity contribution in [3.05, 3.63) is 29.3 Å². The van der Waals surface area contributed by atoms with Gasteiger partial charge in [-0.05, 0) is 43.4 Å². The monoisotopic (exact) mass is 424 g/mol. The molecule has 1 saturated carbocycles. The Balaban J connectivity index is 2.06. The van der Waals surface area contributed by atoms with Crippen LogP contribution in [0.5, 0.6) is 0 Å². The molecule has 0 aromatic heterocycles. The number of aryl methyl sites for hydroxylation is 1. The van der Waals surface area contributed by atoms with Crippen molar-refractivity contribution < 1.29 is 22.7 Å². The number of carbonyl (C=O) groups excluding carboxylic acids is 2. The van der Waals surface area contributed by atoms with Gasteiger partial charge in [-0.2, -0.15) is 4.31 Å². The maximum absolute atomic E-state index is 12.7. The Morgan fingerprint density at radius 3 is 2.45 bits per heavy atom. The van der Waals surface area contributed by atoms with Gasteiger partial charge in [0.15, 0.2) is 6.61 Å². The van der Waals surface area contributed by atoms with Gasteiger partial charge in [-0.3, -0.25) is 4.79 Å². The van der Waals surface area contributed by atoms with E-state index in [1.165, 1.54) is 22.9 Å². The third kappa shape index (κ3) is 5.79. The molecule has 0 spiro atoms. The van der Waals surface area contributed by atoms with Crippen LogP contribution in [0.2, 0.25) is 0 Å². The zero-order valence-corrected chi connectivity index (χ0v) is 18.5. The Labute approximate surface area is 173 Å². The number of sulfonamides is 1. The molecule has 1 amide bonds. The molecule has 0 aliphatic heterocycles. The maximum atomic E-state index is 12.7. The largest absolute Gasteiger partial charge is 0.452 e. The van der Waals surface area contributed by atoms with E-state index in [0.717, 1.165) is 19.3 Å². The predicted octanol–water partition coefficient (Wildman–Crippen LogP) is 2.88. The second-order valence-corrected chi connectivity index (χ2v) is 9.52. The average molecular weight is 425 g/mol. The zero-order chi connectivity index (χ0) is 21.6. The highest BCUT2D eigenvalue weighted by Gasteiger charge is 2.25. The number of nitrogens with one attached hydrogen (secondary N) is 1. The zero-order valence-electron chi connectivity index (χ0n) is 17.7. The average Bonchev–Trinajstić information content (AvgIpc) is 2.69. The van der Waals surface area contributed by atoms with Crippen molar-refractivity contribution in [3.8, 4) is 0 Å². The molecule has 0 unspecified atom stereocenters. The molecule has 1 aliphatic carbocycles. The van der Waals surface area contributed by atoms with E-state index in [1.54, 1.807) is 26.8 Å². The molecule has 162 valence electrons. The summed E-state index contributed by atoms with van der Waals surface area (Å²) < 4.78 is 31.9. The minimum absolute atomic E-state index is 0.0410. The van der Waals surface area contributed by atoms with Gasteiger partial charge in [-0.1, -0.05) is 39.7 Å². The van der Waals surface area contributed by atoms with Crippen molar-refractivity contribution in [1.82, 2.24) is 9.62 Å². The van der Waals surface area contributed by atoms with Crippen LogP contribution in [0.25, 0.3) is 0 Å². The molecule has 1 N–H and O–H groups in total. The number of amides is 1. The van der Waals surface area contributed by atoms with Gasteiger partial charge in [-0.25, -0.2) is 13.2 Å². The molecule has 1 aliphatic rings. The fourth-order valence-corrected chi connectivity index (χ4v) is 5.17. The summed E-state index contributed by atoms with van der Waals surface area (Å²) in [6, 6.07) is 4.50. The lowest BCUT2D eigenvalue weighted by atomic mass is 9.86. The molecule has 1 aromatic rings. The predicted molar refractivity (Wildman–Crippen MR) is 111 cm³/mol. The fraction of sp³-hybridized carbons (Fsp3) is 0.619. The Morgan fingerprint density at radius 1 is 1.17 bits per heavy atom. The van der Waals surface area contributed by atoms with Crippen molar-refractivity contribution >= 4 is 21.9 Å². The molecule has 0 bridgehead atoms. The highest BCUT2D eigenvalue weighted by atomic mass is 32.2. The highest BCUT2D eigenvalue weighted by molar-refractivity contribution is 7.89. The van der Waals surface area contributed by atoms with Crippen molar-refractivity contribution in [2.75, 3.05) is 19.7 Å². The van der Waals surface area contributed by atoms with Crippen LogP contribution < -0.4 is 5.32 Å². The number of hydrogen-bond acceptors (Lipinski definition) is 5. The maximum Gasteiger partial charge on any atom is 0.338 e. The molecule has 1 fully saturated rings. The van der Waals surface area contributed by atoms with Gasteiger partial charge in [0.2, 0.25) is 10.0 Å². The van der Waals surface area contributed by atoms with Gasteiger partial charge < -0.3 is 10.1 Å². The summed E-state index contributed by atoms with van der Waals surface area (Å²) in [5.41, 5.74) is 0.742. The van der Waals surface area contributed by atoms with Gasteiger partial charge in [0.1, 0.15) is 0 Å². The van der Waals surface area contributed by atoms with E-state index in [2.05, 4.69) is 12.2 Å². The summed E-state index contributed by atoms with van der Waals surface area (Å²) in [5.74, 6) is -0.625. The van der Waals surface area contributed by atoms with Crippen molar-refractivity contribution in [3.63, 3.8) is 0 Å². The van der Waals surface area contributed by atoms with Gasteiger partial charge >= 0.3 is 5.97 Å². The molecular weight excluding hydrogens is 392 g/mol. The van der Waals surface area contributed by atoms with E-state index < -0.39 is 16.0 Å². The Morgan fingerprint density at radius 2 is 1.83 bits per heavy atom. The lowest BCUT2D eigenvalue weighted by Crippen LogP contribution is -2.42. The summed E-state index contributed by atoms with van der Waals surface area (Å²) in [4.78, 5) is 24.7. The third-order valence-corrected chi connectivity index (χ3v) is 7.61. The molecule has 0 radical (unpaired) electrons. The van der Waals surface area contributed by atoms with Crippen LogP contribution in [-0.4, -0.2) is 50.3 Å². The number of hydrogen-bond donors (Lipinski definition) is 1.